The fourth-order valence-corrected chi connectivity index (χ4v) is 4.50. The highest BCUT2D eigenvalue weighted by atomic mass is 79.9. The van der Waals surface area contributed by atoms with Crippen LogP contribution in [0.4, 0.5) is 5.82 Å². The number of aromatic nitrogens is 4. The molecule has 5 aromatic rings. The zero-order valence-corrected chi connectivity index (χ0v) is 21.2. The minimum Gasteiger partial charge on any atom is -0.490 e. The second-order valence-corrected chi connectivity index (χ2v) is 8.90. The molecular formula is C27H26BrN5O2. The molecule has 0 spiro atoms. The number of anilines is 1. The van der Waals surface area contributed by atoms with E-state index in [-0.39, 0.29) is 0 Å². The van der Waals surface area contributed by atoms with Crippen LogP contribution in [-0.2, 0) is 6.42 Å². The van der Waals surface area contributed by atoms with Crippen LogP contribution in [0.1, 0.15) is 19.4 Å². The molecule has 1 N–H and O–H groups in total. The van der Waals surface area contributed by atoms with Crippen molar-refractivity contribution in [3.63, 3.8) is 0 Å². The van der Waals surface area contributed by atoms with Gasteiger partial charge in [0.05, 0.1) is 18.7 Å². The summed E-state index contributed by atoms with van der Waals surface area (Å²) >= 11 is 3.55. The Morgan fingerprint density at radius 3 is 2.57 bits per heavy atom. The smallest absolute Gasteiger partial charge is 0.186 e. The van der Waals surface area contributed by atoms with Gasteiger partial charge in [0.2, 0.25) is 0 Å². The minimum absolute atomic E-state index is 0.595. The molecule has 0 radical (unpaired) electrons. The lowest BCUT2D eigenvalue weighted by molar-refractivity contribution is 0.287. The van der Waals surface area contributed by atoms with Gasteiger partial charge in [-0.2, -0.15) is 4.52 Å². The third-order valence-corrected chi connectivity index (χ3v) is 6.16. The maximum absolute atomic E-state index is 5.78. The Labute approximate surface area is 212 Å². The maximum Gasteiger partial charge on any atom is 0.186 e. The molecule has 0 fully saturated rings. The summed E-state index contributed by atoms with van der Waals surface area (Å²) in [6.45, 7) is 5.86. The van der Waals surface area contributed by atoms with E-state index in [1.807, 2.05) is 62.4 Å². The van der Waals surface area contributed by atoms with Gasteiger partial charge in [0, 0.05) is 22.0 Å². The average Bonchev–Trinajstić information content (AvgIpc) is 3.30. The lowest BCUT2D eigenvalue weighted by Gasteiger charge is -2.13. The van der Waals surface area contributed by atoms with E-state index in [2.05, 4.69) is 49.8 Å². The molecule has 0 saturated heterocycles. The summed E-state index contributed by atoms with van der Waals surface area (Å²) in [4.78, 5) is 4.95. The number of halogens is 1. The van der Waals surface area contributed by atoms with E-state index in [0.29, 0.717) is 25.4 Å². The highest BCUT2D eigenvalue weighted by Crippen LogP contribution is 2.30. The van der Waals surface area contributed by atoms with E-state index in [1.165, 1.54) is 0 Å². The third kappa shape index (κ3) is 4.79. The van der Waals surface area contributed by atoms with Crippen molar-refractivity contribution >= 4 is 38.3 Å². The summed E-state index contributed by atoms with van der Waals surface area (Å²) in [5, 5.41) is 13.4. The molecule has 0 aliphatic heterocycles. The number of ether oxygens (including phenoxy) is 2. The molecule has 0 aliphatic rings. The summed E-state index contributed by atoms with van der Waals surface area (Å²) in [7, 11) is 0. The first-order valence-corrected chi connectivity index (χ1v) is 12.5. The van der Waals surface area contributed by atoms with Crippen LogP contribution >= 0.6 is 15.9 Å². The Morgan fingerprint density at radius 1 is 0.914 bits per heavy atom. The normalized spacial score (nSPS) is 11.2. The molecular weight excluding hydrogens is 506 g/mol. The largest absolute Gasteiger partial charge is 0.490 e. The van der Waals surface area contributed by atoms with Crippen molar-refractivity contribution in [1.29, 1.82) is 0 Å². The van der Waals surface area contributed by atoms with Gasteiger partial charge in [-0.3, -0.25) is 0 Å². The number of nitrogens with zero attached hydrogens (tertiary/aromatic N) is 4. The Kier molecular flexibility index (Phi) is 6.81. The first-order valence-electron chi connectivity index (χ1n) is 11.7. The van der Waals surface area contributed by atoms with Gasteiger partial charge < -0.3 is 14.8 Å². The molecule has 178 valence electrons. The topological polar surface area (TPSA) is 73.6 Å². The van der Waals surface area contributed by atoms with Crippen LogP contribution in [0, 0.1) is 0 Å². The van der Waals surface area contributed by atoms with Gasteiger partial charge in [0.15, 0.2) is 17.1 Å². The molecule has 0 atom stereocenters. The number of benzene rings is 3. The number of rotatable bonds is 9. The number of fused-ring (bicyclic) bond motifs is 3. The van der Waals surface area contributed by atoms with Crippen LogP contribution in [0.5, 0.6) is 11.5 Å². The van der Waals surface area contributed by atoms with Gasteiger partial charge in [-0.1, -0.05) is 51.5 Å². The van der Waals surface area contributed by atoms with Crippen molar-refractivity contribution in [2.24, 2.45) is 0 Å². The van der Waals surface area contributed by atoms with Crippen LogP contribution < -0.4 is 14.8 Å². The third-order valence-electron chi connectivity index (χ3n) is 5.66. The molecule has 2 heterocycles. The van der Waals surface area contributed by atoms with Gasteiger partial charge in [0.1, 0.15) is 11.5 Å². The number of hydrogen-bond donors (Lipinski definition) is 1. The van der Waals surface area contributed by atoms with E-state index < -0.39 is 0 Å². The zero-order valence-electron chi connectivity index (χ0n) is 19.7. The molecule has 0 aliphatic carbocycles. The molecule has 0 bridgehead atoms. The first-order chi connectivity index (χ1) is 17.2. The molecule has 5 rings (SSSR count). The average molecular weight is 532 g/mol. The van der Waals surface area contributed by atoms with E-state index in [4.69, 9.17) is 14.5 Å². The molecule has 0 saturated carbocycles. The first kappa shape index (κ1) is 23.1. The monoisotopic (exact) mass is 531 g/mol. The predicted octanol–water partition coefficient (Wildman–Crippen LogP) is 6.16. The maximum atomic E-state index is 5.78. The van der Waals surface area contributed by atoms with Crippen molar-refractivity contribution in [2.75, 3.05) is 25.1 Å². The number of hydrogen-bond acceptors (Lipinski definition) is 6. The summed E-state index contributed by atoms with van der Waals surface area (Å²) in [6, 6.07) is 22.2. The Hall–Kier alpha value is -3.65. The van der Waals surface area contributed by atoms with Crippen LogP contribution in [0.2, 0.25) is 0 Å². The van der Waals surface area contributed by atoms with E-state index in [9.17, 15) is 0 Å². The quantitative estimate of drug-likeness (QED) is 0.245. The molecule has 7 nitrogen and oxygen atoms in total. The molecule has 35 heavy (non-hydrogen) atoms. The predicted molar refractivity (Wildman–Crippen MR) is 142 cm³/mol. The van der Waals surface area contributed by atoms with Crippen LogP contribution in [-0.4, -0.2) is 39.6 Å². The second kappa shape index (κ2) is 10.3. The standard InChI is InChI=1S/C27H26BrN5O2/c1-3-34-23-13-12-18(16-24(23)35-4-2)14-15-29-26-21-10-5-6-11-22(21)33-27(30-26)25(31-32-33)19-8-7-9-20(28)17-19/h5-13,16-17H,3-4,14-15H2,1-2H3,(H,29,30). The molecule has 2 aromatic heterocycles. The molecule has 0 unspecified atom stereocenters. The summed E-state index contributed by atoms with van der Waals surface area (Å²) < 4.78 is 14.3. The van der Waals surface area contributed by atoms with Crippen LogP contribution in [0.25, 0.3) is 27.8 Å². The van der Waals surface area contributed by atoms with E-state index >= 15 is 0 Å². The van der Waals surface area contributed by atoms with Gasteiger partial charge in [0.25, 0.3) is 0 Å². The van der Waals surface area contributed by atoms with Crippen molar-refractivity contribution in [2.45, 2.75) is 20.3 Å². The number of para-hydroxylation sites is 1. The fraction of sp³-hybridized carbons (Fsp3) is 0.222. The fourth-order valence-electron chi connectivity index (χ4n) is 4.10. The highest BCUT2D eigenvalue weighted by Gasteiger charge is 2.16. The Morgan fingerprint density at radius 2 is 1.74 bits per heavy atom. The second-order valence-electron chi connectivity index (χ2n) is 7.99. The van der Waals surface area contributed by atoms with Crippen LogP contribution in [0.3, 0.4) is 0 Å². The minimum atomic E-state index is 0.595. The van der Waals surface area contributed by atoms with Gasteiger partial charge in [-0.05, 0) is 62.2 Å². The van der Waals surface area contributed by atoms with Crippen molar-refractivity contribution in [1.82, 2.24) is 19.8 Å². The lowest BCUT2D eigenvalue weighted by Crippen LogP contribution is -2.09. The van der Waals surface area contributed by atoms with Gasteiger partial charge in [-0.15, -0.1) is 5.10 Å². The van der Waals surface area contributed by atoms with Crippen LogP contribution in [0.15, 0.2) is 71.2 Å². The Bertz CT molecular complexity index is 1480. The van der Waals surface area contributed by atoms with Crippen molar-refractivity contribution in [3.8, 4) is 22.8 Å². The zero-order chi connectivity index (χ0) is 24.2. The van der Waals surface area contributed by atoms with Crippen molar-refractivity contribution < 1.29 is 9.47 Å². The molecule has 8 heteroatoms. The van der Waals surface area contributed by atoms with E-state index in [0.717, 1.165) is 55.9 Å². The Balaban J connectivity index is 1.45. The molecule has 0 amide bonds. The molecule has 3 aromatic carbocycles. The lowest BCUT2D eigenvalue weighted by atomic mass is 10.1. The van der Waals surface area contributed by atoms with Gasteiger partial charge in [-0.25, -0.2) is 4.98 Å². The number of nitrogens with one attached hydrogen (secondary N) is 1. The van der Waals surface area contributed by atoms with E-state index in [1.54, 1.807) is 4.52 Å². The SMILES string of the molecule is CCOc1ccc(CCNc2nc3c(-c4cccc(Br)c4)nnn3c3ccccc23)cc1OCC. The summed E-state index contributed by atoms with van der Waals surface area (Å²) in [5.41, 5.74) is 4.53. The van der Waals surface area contributed by atoms with Crippen molar-refractivity contribution in [3.05, 3.63) is 76.8 Å². The summed E-state index contributed by atoms with van der Waals surface area (Å²) in [5.74, 6) is 2.36. The summed E-state index contributed by atoms with van der Waals surface area (Å²) in [6.07, 6.45) is 0.809. The highest BCUT2D eigenvalue weighted by molar-refractivity contribution is 9.10. The van der Waals surface area contributed by atoms with Gasteiger partial charge >= 0.3 is 0 Å².